The summed E-state index contributed by atoms with van der Waals surface area (Å²) in [6.07, 6.45) is -3.77. The monoisotopic (exact) mass is 565 g/mol. The summed E-state index contributed by atoms with van der Waals surface area (Å²) in [5.74, 6) is 0.532. The first-order valence-corrected chi connectivity index (χ1v) is 10.1. The molecule has 0 aliphatic heterocycles. The van der Waals surface area contributed by atoms with Crippen molar-refractivity contribution >= 4 is 47.4 Å². The second kappa shape index (κ2) is 12.5. The number of nitrogens with zero attached hydrogens (tertiary/aromatic N) is 3. The number of hydrogen-bond donors (Lipinski definition) is 2. The van der Waals surface area contributed by atoms with E-state index in [1.807, 2.05) is 27.7 Å². The molecule has 0 aliphatic rings. The number of aromatic nitrogens is 1. The lowest BCUT2D eigenvalue weighted by molar-refractivity contribution is -0.140. The van der Waals surface area contributed by atoms with E-state index in [9.17, 15) is 18.0 Å². The molecule has 0 bridgehead atoms. The summed E-state index contributed by atoms with van der Waals surface area (Å²) in [6, 6.07) is -0.0495. The van der Waals surface area contributed by atoms with Crippen LogP contribution in [-0.2, 0) is 17.3 Å². The third-order valence-corrected chi connectivity index (χ3v) is 4.80. The number of guanidine groups is 1. The first kappa shape index (κ1) is 28.7. The van der Waals surface area contributed by atoms with Crippen molar-refractivity contribution in [2.24, 2.45) is 4.99 Å². The summed E-state index contributed by atoms with van der Waals surface area (Å²) < 4.78 is 43.0. The summed E-state index contributed by atoms with van der Waals surface area (Å²) >= 11 is 0.986. The molecule has 1 atom stereocenters. The number of carbonyl (C=O) groups is 1. The molecule has 0 fully saturated rings. The van der Waals surface area contributed by atoms with Crippen LogP contribution in [0, 0.1) is 0 Å². The maximum absolute atomic E-state index is 12.6. The Balaban J connectivity index is 0.00000841. The average molecular weight is 565 g/mol. The lowest BCUT2D eigenvalue weighted by Crippen LogP contribution is -2.43. The van der Waals surface area contributed by atoms with Gasteiger partial charge in [-0.1, -0.05) is 0 Å². The molecule has 1 unspecified atom stereocenters. The van der Waals surface area contributed by atoms with Gasteiger partial charge in [0.2, 0.25) is 0 Å². The second-order valence-corrected chi connectivity index (χ2v) is 8.47. The second-order valence-electron chi connectivity index (χ2n) is 7.53. The van der Waals surface area contributed by atoms with E-state index in [2.05, 4.69) is 20.6 Å². The van der Waals surface area contributed by atoms with Crippen LogP contribution in [0.4, 0.5) is 18.0 Å². The van der Waals surface area contributed by atoms with Crippen molar-refractivity contribution in [2.45, 2.75) is 58.4 Å². The summed E-state index contributed by atoms with van der Waals surface area (Å²) in [5, 5.41) is 7.59. The van der Waals surface area contributed by atoms with Gasteiger partial charge in [-0.15, -0.1) is 35.3 Å². The molecule has 0 spiro atoms. The van der Waals surface area contributed by atoms with E-state index < -0.39 is 17.5 Å². The minimum atomic E-state index is -4.41. The molecular weight excluding hydrogens is 534 g/mol. The molecular formula is C18H31F3IN5O2S. The zero-order valence-corrected chi connectivity index (χ0v) is 21.2. The van der Waals surface area contributed by atoms with Crippen molar-refractivity contribution in [1.82, 2.24) is 20.5 Å². The molecule has 0 saturated heterocycles. The molecule has 1 aromatic rings. The predicted molar refractivity (Wildman–Crippen MR) is 124 cm³/mol. The Hall–Kier alpha value is -1.31. The van der Waals surface area contributed by atoms with Crippen LogP contribution < -0.4 is 10.6 Å². The number of alkyl halides is 3. The molecule has 0 aromatic carbocycles. The first-order valence-electron chi connectivity index (χ1n) is 9.25. The molecule has 1 rings (SSSR count). The number of thiazole rings is 1. The van der Waals surface area contributed by atoms with Crippen molar-refractivity contribution in [3.05, 3.63) is 16.1 Å². The minimum Gasteiger partial charge on any atom is -0.444 e. The van der Waals surface area contributed by atoms with Crippen LogP contribution in [0.2, 0.25) is 0 Å². The van der Waals surface area contributed by atoms with E-state index in [4.69, 9.17) is 4.74 Å². The number of rotatable bonds is 7. The molecule has 30 heavy (non-hydrogen) atoms. The van der Waals surface area contributed by atoms with E-state index >= 15 is 0 Å². The normalized spacial score (nSPS) is 13.3. The fourth-order valence-corrected chi connectivity index (χ4v) is 2.98. The van der Waals surface area contributed by atoms with Gasteiger partial charge in [-0.25, -0.2) is 9.78 Å². The Morgan fingerprint density at radius 1 is 1.30 bits per heavy atom. The van der Waals surface area contributed by atoms with E-state index in [1.54, 1.807) is 19.0 Å². The molecule has 7 nitrogen and oxygen atoms in total. The third-order valence-electron chi connectivity index (χ3n) is 3.89. The number of ether oxygens (including phenoxy) is 1. The Labute approximate surface area is 196 Å². The smallest absolute Gasteiger partial charge is 0.434 e. The predicted octanol–water partition coefficient (Wildman–Crippen LogP) is 4.13. The Kier molecular flexibility index (Phi) is 12.0. The fourth-order valence-electron chi connectivity index (χ4n) is 2.17. The SMILES string of the molecule is CN=C(NCCc1nc(C(F)(F)F)cs1)NCCC(C)N(C)C(=O)OC(C)(C)C.I. The Bertz CT molecular complexity index is 692. The largest absolute Gasteiger partial charge is 0.444 e. The average Bonchev–Trinajstić information content (AvgIpc) is 3.07. The topological polar surface area (TPSA) is 78.9 Å². The summed E-state index contributed by atoms with van der Waals surface area (Å²) in [7, 11) is 3.30. The van der Waals surface area contributed by atoms with Gasteiger partial charge in [-0.3, -0.25) is 4.99 Å². The highest BCUT2D eigenvalue weighted by Gasteiger charge is 2.33. The third kappa shape index (κ3) is 10.6. The number of carbonyl (C=O) groups excluding carboxylic acids is 1. The van der Waals surface area contributed by atoms with Gasteiger partial charge in [-0.05, 0) is 34.1 Å². The van der Waals surface area contributed by atoms with Crippen LogP contribution in [0.1, 0.15) is 44.8 Å². The maximum atomic E-state index is 12.6. The molecule has 12 heteroatoms. The number of amides is 1. The van der Waals surface area contributed by atoms with Gasteiger partial charge in [0.1, 0.15) is 5.60 Å². The quantitative estimate of drug-likeness (QED) is 0.296. The van der Waals surface area contributed by atoms with Crippen LogP contribution in [0.5, 0.6) is 0 Å². The van der Waals surface area contributed by atoms with Crippen molar-refractivity contribution in [1.29, 1.82) is 0 Å². The van der Waals surface area contributed by atoms with E-state index in [0.29, 0.717) is 36.9 Å². The van der Waals surface area contributed by atoms with Gasteiger partial charge in [0.25, 0.3) is 0 Å². The summed E-state index contributed by atoms with van der Waals surface area (Å²) in [6.45, 7) is 8.33. The van der Waals surface area contributed by atoms with Crippen LogP contribution in [0.3, 0.4) is 0 Å². The van der Waals surface area contributed by atoms with Gasteiger partial charge in [0.15, 0.2) is 11.7 Å². The lowest BCUT2D eigenvalue weighted by Gasteiger charge is -2.28. The number of hydrogen-bond acceptors (Lipinski definition) is 5. The fraction of sp³-hybridized carbons (Fsp3) is 0.722. The van der Waals surface area contributed by atoms with Gasteiger partial charge < -0.3 is 20.3 Å². The van der Waals surface area contributed by atoms with Gasteiger partial charge in [-0.2, -0.15) is 13.2 Å². The zero-order valence-electron chi connectivity index (χ0n) is 18.1. The van der Waals surface area contributed by atoms with Crippen molar-refractivity contribution in [2.75, 3.05) is 27.2 Å². The first-order chi connectivity index (χ1) is 13.3. The maximum Gasteiger partial charge on any atom is 0.434 e. The number of nitrogens with one attached hydrogen (secondary N) is 2. The summed E-state index contributed by atoms with van der Waals surface area (Å²) in [4.78, 5) is 21.3. The zero-order chi connectivity index (χ0) is 22.2. The van der Waals surface area contributed by atoms with Crippen LogP contribution in [0.25, 0.3) is 0 Å². The number of halogens is 4. The highest BCUT2D eigenvalue weighted by Crippen LogP contribution is 2.29. The van der Waals surface area contributed by atoms with Crippen molar-refractivity contribution < 1.29 is 22.7 Å². The number of aliphatic imine (C=N–C) groups is 1. The summed E-state index contributed by atoms with van der Waals surface area (Å²) in [5.41, 5.74) is -1.41. The van der Waals surface area contributed by atoms with Gasteiger partial charge in [0, 0.05) is 45.0 Å². The molecule has 0 radical (unpaired) electrons. The van der Waals surface area contributed by atoms with E-state index in [1.165, 1.54) is 0 Å². The molecule has 1 aromatic heterocycles. The lowest BCUT2D eigenvalue weighted by atomic mass is 10.2. The molecule has 0 saturated carbocycles. The minimum absolute atomic E-state index is 0. The van der Waals surface area contributed by atoms with Crippen molar-refractivity contribution in [3.8, 4) is 0 Å². The van der Waals surface area contributed by atoms with E-state index in [-0.39, 0.29) is 36.1 Å². The van der Waals surface area contributed by atoms with Crippen LogP contribution in [0.15, 0.2) is 10.4 Å². The van der Waals surface area contributed by atoms with Gasteiger partial charge >= 0.3 is 12.3 Å². The molecule has 1 amide bonds. The van der Waals surface area contributed by atoms with Gasteiger partial charge in [0.05, 0.1) is 5.01 Å². The highest BCUT2D eigenvalue weighted by atomic mass is 127. The molecule has 174 valence electrons. The van der Waals surface area contributed by atoms with Crippen LogP contribution >= 0.6 is 35.3 Å². The standard InChI is InChI=1S/C18H30F3N5O2S.HI/c1-12(26(6)16(27)28-17(2,3)4)7-9-23-15(22-5)24-10-8-14-25-13(11-29-14)18(19,20)21;/h11-12H,7-10H2,1-6H3,(H2,22,23,24);1H. The van der Waals surface area contributed by atoms with Crippen molar-refractivity contribution in [3.63, 3.8) is 0 Å². The molecule has 0 aliphatic carbocycles. The Morgan fingerprint density at radius 3 is 2.40 bits per heavy atom. The molecule has 2 N–H and O–H groups in total. The molecule has 1 heterocycles. The Morgan fingerprint density at radius 2 is 1.90 bits per heavy atom. The van der Waals surface area contributed by atoms with E-state index in [0.717, 1.165) is 16.7 Å². The van der Waals surface area contributed by atoms with Crippen LogP contribution in [-0.4, -0.2) is 60.8 Å². The highest BCUT2D eigenvalue weighted by molar-refractivity contribution is 14.0.